The minimum atomic E-state index is 0.745. The number of fused-ring (bicyclic) bond motifs is 1. The summed E-state index contributed by atoms with van der Waals surface area (Å²) in [7, 11) is 1.68. The topological polar surface area (TPSA) is 36.3 Å². The maximum atomic E-state index is 8.94. The van der Waals surface area contributed by atoms with Crippen LogP contribution < -0.4 is 4.74 Å². The number of benzene rings is 2. The van der Waals surface area contributed by atoms with Crippen LogP contribution in [0.15, 0.2) is 42.5 Å². The van der Waals surface area contributed by atoms with E-state index in [2.05, 4.69) is 29.2 Å². The van der Waals surface area contributed by atoms with Crippen LogP contribution in [-0.4, -0.2) is 12.0 Å². The third kappa shape index (κ3) is 2.52. The molecule has 20 heavy (non-hydrogen) atoms. The molecule has 2 aromatic rings. The predicted octanol–water partition coefficient (Wildman–Crippen LogP) is 3.08. The summed E-state index contributed by atoms with van der Waals surface area (Å²) >= 11 is 0. The molecule has 0 aromatic heterocycles. The molecule has 100 valence electrons. The first kappa shape index (κ1) is 12.7. The van der Waals surface area contributed by atoms with Gasteiger partial charge in [0.1, 0.15) is 5.75 Å². The van der Waals surface area contributed by atoms with E-state index < -0.39 is 0 Å². The zero-order valence-corrected chi connectivity index (χ0v) is 11.5. The maximum Gasteiger partial charge on any atom is 0.118 e. The highest BCUT2D eigenvalue weighted by molar-refractivity contribution is 5.40. The third-order valence-electron chi connectivity index (χ3n) is 3.69. The summed E-state index contributed by atoms with van der Waals surface area (Å²) in [5.41, 5.74) is 4.63. The van der Waals surface area contributed by atoms with Gasteiger partial charge >= 0.3 is 0 Å². The van der Waals surface area contributed by atoms with Crippen LogP contribution in [0.25, 0.3) is 0 Å². The van der Waals surface area contributed by atoms with Gasteiger partial charge in [-0.05, 0) is 41.0 Å². The van der Waals surface area contributed by atoms with E-state index >= 15 is 0 Å². The molecular formula is C17H16N2O. The minimum absolute atomic E-state index is 0.745. The Hall–Kier alpha value is -2.31. The Morgan fingerprint density at radius 3 is 2.55 bits per heavy atom. The Kier molecular flexibility index (Phi) is 3.41. The average Bonchev–Trinajstić information content (AvgIpc) is 2.89. The highest BCUT2D eigenvalue weighted by Crippen LogP contribution is 2.25. The van der Waals surface area contributed by atoms with Crippen molar-refractivity contribution >= 4 is 0 Å². The molecule has 3 rings (SSSR count). The van der Waals surface area contributed by atoms with Gasteiger partial charge in [0.15, 0.2) is 0 Å². The molecule has 0 N–H and O–H groups in total. The summed E-state index contributed by atoms with van der Waals surface area (Å²) in [5.74, 6) is 0.886. The van der Waals surface area contributed by atoms with Crippen molar-refractivity contribution < 1.29 is 4.74 Å². The van der Waals surface area contributed by atoms with Crippen LogP contribution in [0.5, 0.6) is 5.75 Å². The fourth-order valence-electron chi connectivity index (χ4n) is 2.64. The molecule has 0 bridgehead atoms. The molecule has 1 aliphatic rings. The molecule has 0 spiro atoms. The molecule has 0 saturated carbocycles. The van der Waals surface area contributed by atoms with Crippen molar-refractivity contribution in [3.05, 3.63) is 64.7 Å². The molecular weight excluding hydrogens is 248 g/mol. The van der Waals surface area contributed by atoms with Crippen molar-refractivity contribution in [2.24, 2.45) is 0 Å². The van der Waals surface area contributed by atoms with Gasteiger partial charge in [0.2, 0.25) is 0 Å². The van der Waals surface area contributed by atoms with E-state index in [9.17, 15) is 0 Å². The zero-order valence-electron chi connectivity index (χ0n) is 11.5. The Bertz CT molecular complexity index is 656. The molecule has 1 aliphatic heterocycles. The van der Waals surface area contributed by atoms with Crippen molar-refractivity contribution in [1.29, 1.82) is 5.26 Å². The second-order valence-corrected chi connectivity index (χ2v) is 5.09. The van der Waals surface area contributed by atoms with E-state index in [1.807, 2.05) is 24.3 Å². The summed E-state index contributed by atoms with van der Waals surface area (Å²) in [6, 6.07) is 16.4. The van der Waals surface area contributed by atoms with Crippen LogP contribution >= 0.6 is 0 Å². The lowest BCUT2D eigenvalue weighted by Crippen LogP contribution is -2.15. The van der Waals surface area contributed by atoms with Gasteiger partial charge in [-0.3, -0.25) is 4.90 Å². The molecule has 0 atom stereocenters. The molecule has 3 nitrogen and oxygen atoms in total. The summed E-state index contributed by atoms with van der Waals surface area (Å²) < 4.78 is 5.17. The Morgan fingerprint density at radius 1 is 1.10 bits per heavy atom. The highest BCUT2D eigenvalue weighted by atomic mass is 16.5. The van der Waals surface area contributed by atoms with E-state index in [-0.39, 0.29) is 0 Å². The number of nitriles is 1. The second kappa shape index (κ2) is 5.36. The van der Waals surface area contributed by atoms with Crippen molar-refractivity contribution in [1.82, 2.24) is 4.90 Å². The first-order valence-electron chi connectivity index (χ1n) is 6.65. The molecule has 0 amide bonds. The summed E-state index contributed by atoms with van der Waals surface area (Å²) in [6.07, 6.45) is 0. The number of ether oxygens (including phenoxy) is 1. The lowest BCUT2D eigenvalue weighted by atomic mass is 10.1. The maximum absolute atomic E-state index is 8.94. The average molecular weight is 264 g/mol. The highest BCUT2D eigenvalue weighted by Gasteiger charge is 2.19. The van der Waals surface area contributed by atoms with Crippen LogP contribution in [0, 0.1) is 11.3 Å². The first-order chi connectivity index (χ1) is 9.78. The van der Waals surface area contributed by atoms with Gasteiger partial charge in [0.25, 0.3) is 0 Å². The molecule has 0 fully saturated rings. The molecule has 0 aliphatic carbocycles. The van der Waals surface area contributed by atoms with Gasteiger partial charge in [0, 0.05) is 19.6 Å². The van der Waals surface area contributed by atoms with Gasteiger partial charge in [-0.25, -0.2) is 0 Å². The van der Waals surface area contributed by atoms with Crippen LogP contribution in [0.4, 0.5) is 0 Å². The van der Waals surface area contributed by atoms with Gasteiger partial charge < -0.3 is 4.74 Å². The number of hydrogen-bond donors (Lipinski definition) is 0. The van der Waals surface area contributed by atoms with Crippen molar-refractivity contribution in [3.8, 4) is 11.8 Å². The second-order valence-electron chi connectivity index (χ2n) is 5.09. The quantitative estimate of drug-likeness (QED) is 0.854. The third-order valence-corrected chi connectivity index (χ3v) is 3.69. The fourth-order valence-corrected chi connectivity index (χ4v) is 2.64. The van der Waals surface area contributed by atoms with Crippen LogP contribution in [0.1, 0.15) is 22.3 Å². The summed E-state index contributed by atoms with van der Waals surface area (Å²) in [5, 5.41) is 8.94. The number of hydrogen-bond acceptors (Lipinski definition) is 3. The minimum Gasteiger partial charge on any atom is -0.497 e. The van der Waals surface area contributed by atoms with Crippen LogP contribution in [0.2, 0.25) is 0 Å². The predicted molar refractivity (Wildman–Crippen MR) is 77.1 cm³/mol. The van der Waals surface area contributed by atoms with E-state index in [0.717, 1.165) is 30.9 Å². The fraction of sp³-hybridized carbons (Fsp3) is 0.235. The SMILES string of the molecule is COc1ccc(CN2Cc3ccc(C#N)cc3C2)cc1. The molecule has 0 unspecified atom stereocenters. The van der Waals surface area contributed by atoms with E-state index in [4.69, 9.17) is 10.00 Å². The molecule has 0 radical (unpaired) electrons. The Morgan fingerprint density at radius 2 is 1.85 bits per heavy atom. The molecule has 3 heteroatoms. The van der Waals surface area contributed by atoms with Crippen molar-refractivity contribution in [2.75, 3.05) is 7.11 Å². The number of methoxy groups -OCH3 is 1. The number of nitrogens with zero attached hydrogens (tertiary/aromatic N) is 2. The molecule has 2 aromatic carbocycles. The smallest absolute Gasteiger partial charge is 0.118 e. The van der Waals surface area contributed by atoms with Crippen LogP contribution in [0.3, 0.4) is 0 Å². The Balaban J connectivity index is 1.70. The summed E-state index contributed by atoms with van der Waals surface area (Å²) in [4.78, 5) is 2.38. The van der Waals surface area contributed by atoms with Crippen molar-refractivity contribution in [3.63, 3.8) is 0 Å². The van der Waals surface area contributed by atoms with E-state index in [0.29, 0.717) is 0 Å². The molecule has 1 heterocycles. The lowest BCUT2D eigenvalue weighted by molar-refractivity contribution is 0.275. The standard InChI is InChI=1S/C17H16N2O/c1-20-17-6-3-13(4-7-17)10-19-11-15-5-2-14(9-18)8-16(15)12-19/h2-8H,10-12H2,1H3. The normalized spacial score (nSPS) is 13.8. The Labute approximate surface area is 119 Å². The lowest BCUT2D eigenvalue weighted by Gasteiger charge is -2.14. The van der Waals surface area contributed by atoms with Gasteiger partial charge in [0.05, 0.1) is 18.7 Å². The van der Waals surface area contributed by atoms with Gasteiger partial charge in [-0.15, -0.1) is 0 Å². The first-order valence-corrected chi connectivity index (χ1v) is 6.65. The number of rotatable bonds is 3. The zero-order chi connectivity index (χ0) is 13.9. The van der Waals surface area contributed by atoms with Gasteiger partial charge in [-0.2, -0.15) is 5.26 Å². The van der Waals surface area contributed by atoms with E-state index in [1.54, 1.807) is 7.11 Å². The van der Waals surface area contributed by atoms with Crippen LogP contribution in [-0.2, 0) is 19.6 Å². The van der Waals surface area contributed by atoms with E-state index in [1.165, 1.54) is 16.7 Å². The molecule has 0 saturated heterocycles. The summed E-state index contributed by atoms with van der Waals surface area (Å²) in [6.45, 7) is 2.78. The largest absolute Gasteiger partial charge is 0.497 e. The van der Waals surface area contributed by atoms with Gasteiger partial charge in [-0.1, -0.05) is 18.2 Å². The monoisotopic (exact) mass is 264 g/mol. The van der Waals surface area contributed by atoms with Crippen molar-refractivity contribution in [2.45, 2.75) is 19.6 Å².